The largest absolute Gasteiger partial charge is 0.489 e. The molecule has 0 saturated heterocycles. The molecule has 106 valence electrons. The molecule has 0 aliphatic rings. The molecule has 0 fully saturated rings. The van der Waals surface area contributed by atoms with E-state index >= 15 is 0 Å². The molecular weight excluding hydrogens is 268 g/mol. The normalized spacial score (nSPS) is 10.5. The van der Waals surface area contributed by atoms with Crippen LogP contribution in [-0.2, 0) is 22.7 Å². The van der Waals surface area contributed by atoms with E-state index in [0.717, 1.165) is 22.3 Å². The number of fused-ring (bicyclic) bond motifs is 1. The molecule has 1 heterocycles. The molecule has 0 atom stereocenters. The highest BCUT2D eigenvalue weighted by molar-refractivity contribution is 5.82. The van der Waals surface area contributed by atoms with Gasteiger partial charge >= 0.3 is 0 Å². The zero-order valence-corrected chi connectivity index (χ0v) is 11.3. The van der Waals surface area contributed by atoms with Gasteiger partial charge in [-0.2, -0.15) is 0 Å². The van der Waals surface area contributed by atoms with Crippen LogP contribution in [0.4, 0.5) is 0 Å². The molecule has 21 heavy (non-hydrogen) atoms. The van der Waals surface area contributed by atoms with Gasteiger partial charge in [0.1, 0.15) is 24.5 Å². The Balaban J connectivity index is 1.74. The number of benzene rings is 2. The van der Waals surface area contributed by atoms with E-state index < -0.39 is 0 Å². The van der Waals surface area contributed by atoms with Gasteiger partial charge in [-0.25, -0.2) is 0 Å². The topological polar surface area (TPSA) is 48.7 Å². The second kappa shape index (κ2) is 6.13. The highest BCUT2D eigenvalue weighted by Gasteiger charge is 2.07. The maximum Gasteiger partial charge on any atom is 0.293 e. The van der Waals surface area contributed by atoms with Gasteiger partial charge < -0.3 is 13.9 Å². The lowest BCUT2D eigenvalue weighted by atomic mass is 10.2. The number of carbonyl (C=O) groups is 1. The molecule has 0 amide bonds. The maximum absolute atomic E-state index is 10.2. The lowest BCUT2D eigenvalue weighted by Gasteiger charge is -2.06. The molecule has 3 rings (SSSR count). The second-order valence-corrected chi connectivity index (χ2v) is 4.60. The molecule has 0 bridgehead atoms. The van der Waals surface area contributed by atoms with Crippen LogP contribution in [0.15, 0.2) is 59.2 Å². The highest BCUT2D eigenvalue weighted by Crippen LogP contribution is 2.26. The Morgan fingerprint density at radius 2 is 1.90 bits per heavy atom. The Morgan fingerprint density at radius 1 is 1.05 bits per heavy atom. The first kappa shape index (κ1) is 13.2. The lowest BCUT2D eigenvalue weighted by molar-refractivity contribution is -0.129. The summed E-state index contributed by atoms with van der Waals surface area (Å²) < 4.78 is 16.0. The average Bonchev–Trinajstić information content (AvgIpc) is 2.94. The van der Waals surface area contributed by atoms with E-state index in [4.69, 9.17) is 13.9 Å². The third-order valence-corrected chi connectivity index (χ3v) is 3.18. The van der Waals surface area contributed by atoms with Crippen LogP contribution in [0.1, 0.15) is 11.1 Å². The van der Waals surface area contributed by atoms with Gasteiger partial charge in [0.25, 0.3) is 6.47 Å². The summed E-state index contributed by atoms with van der Waals surface area (Å²) in [5.74, 6) is 0.739. The van der Waals surface area contributed by atoms with Gasteiger partial charge in [-0.3, -0.25) is 4.79 Å². The summed E-state index contributed by atoms with van der Waals surface area (Å²) in [7, 11) is 0. The predicted octanol–water partition coefficient (Wildman–Crippen LogP) is 3.68. The van der Waals surface area contributed by atoms with Crippen molar-refractivity contribution in [2.75, 3.05) is 0 Å². The maximum atomic E-state index is 10.2. The third kappa shape index (κ3) is 3.05. The molecule has 0 radical (unpaired) electrons. The first-order chi connectivity index (χ1) is 10.4. The number of furan rings is 1. The van der Waals surface area contributed by atoms with Crippen molar-refractivity contribution >= 4 is 17.4 Å². The predicted molar refractivity (Wildman–Crippen MR) is 77.8 cm³/mol. The van der Waals surface area contributed by atoms with E-state index in [1.807, 2.05) is 48.5 Å². The van der Waals surface area contributed by atoms with E-state index in [9.17, 15) is 4.79 Å². The summed E-state index contributed by atoms with van der Waals surface area (Å²) in [5.41, 5.74) is 2.66. The molecule has 0 aliphatic heterocycles. The molecule has 1 aromatic heterocycles. The van der Waals surface area contributed by atoms with Gasteiger partial charge in [0.05, 0.1) is 6.26 Å². The van der Waals surface area contributed by atoms with Gasteiger partial charge in [0.15, 0.2) is 0 Å². The second-order valence-electron chi connectivity index (χ2n) is 4.60. The van der Waals surface area contributed by atoms with Crippen molar-refractivity contribution in [3.8, 4) is 5.75 Å². The minimum absolute atomic E-state index is 0.209. The fourth-order valence-electron chi connectivity index (χ4n) is 2.13. The minimum atomic E-state index is 0.209. The molecule has 0 N–H and O–H groups in total. The Kier molecular flexibility index (Phi) is 3.87. The first-order valence-electron chi connectivity index (χ1n) is 6.59. The van der Waals surface area contributed by atoms with Crippen LogP contribution in [0.2, 0.25) is 0 Å². The molecule has 0 spiro atoms. The van der Waals surface area contributed by atoms with E-state index in [0.29, 0.717) is 18.7 Å². The van der Waals surface area contributed by atoms with Crippen molar-refractivity contribution in [2.24, 2.45) is 0 Å². The van der Waals surface area contributed by atoms with Crippen molar-refractivity contribution in [3.63, 3.8) is 0 Å². The number of rotatable bonds is 6. The smallest absolute Gasteiger partial charge is 0.293 e. The van der Waals surface area contributed by atoms with Crippen molar-refractivity contribution < 1.29 is 18.7 Å². The molecule has 2 aromatic carbocycles. The van der Waals surface area contributed by atoms with Crippen LogP contribution in [-0.4, -0.2) is 6.47 Å². The Labute approximate surface area is 121 Å². The summed E-state index contributed by atoms with van der Waals surface area (Å²) in [6, 6.07) is 15.6. The van der Waals surface area contributed by atoms with Crippen molar-refractivity contribution in [1.82, 2.24) is 0 Å². The van der Waals surface area contributed by atoms with Gasteiger partial charge in [0.2, 0.25) is 0 Å². The Morgan fingerprint density at radius 3 is 2.71 bits per heavy atom. The summed E-state index contributed by atoms with van der Waals surface area (Å²) in [6.45, 7) is 1.14. The average molecular weight is 282 g/mol. The van der Waals surface area contributed by atoms with Crippen LogP contribution in [0.5, 0.6) is 5.75 Å². The summed E-state index contributed by atoms with van der Waals surface area (Å²) >= 11 is 0. The van der Waals surface area contributed by atoms with E-state index in [1.54, 1.807) is 6.26 Å². The standard InChI is InChI=1S/C17H14O4/c18-12-19-10-14-11-21-17-8-15(6-7-16(14)17)20-9-13-4-2-1-3-5-13/h1-8,11-12H,9-10H2. The monoisotopic (exact) mass is 282 g/mol. The van der Waals surface area contributed by atoms with Crippen LogP contribution < -0.4 is 4.74 Å². The fraction of sp³-hybridized carbons (Fsp3) is 0.118. The Hall–Kier alpha value is -2.75. The van der Waals surface area contributed by atoms with Crippen LogP contribution in [0, 0.1) is 0 Å². The quantitative estimate of drug-likeness (QED) is 0.647. The molecule has 0 unspecified atom stereocenters. The molecule has 3 aromatic rings. The minimum Gasteiger partial charge on any atom is -0.489 e. The molecule has 0 aliphatic carbocycles. The Bertz CT molecular complexity index is 731. The molecule has 0 saturated carbocycles. The van der Waals surface area contributed by atoms with E-state index in [2.05, 4.69) is 0 Å². The summed E-state index contributed by atoms with van der Waals surface area (Å²) in [6.07, 6.45) is 1.59. The number of carbonyl (C=O) groups excluding carboxylic acids is 1. The van der Waals surface area contributed by atoms with E-state index in [-0.39, 0.29) is 6.61 Å². The van der Waals surface area contributed by atoms with Crippen molar-refractivity contribution in [3.05, 3.63) is 65.9 Å². The lowest BCUT2D eigenvalue weighted by Crippen LogP contribution is -1.94. The van der Waals surface area contributed by atoms with Crippen molar-refractivity contribution in [2.45, 2.75) is 13.2 Å². The van der Waals surface area contributed by atoms with E-state index in [1.165, 1.54) is 0 Å². The van der Waals surface area contributed by atoms with Crippen molar-refractivity contribution in [1.29, 1.82) is 0 Å². The number of hydrogen-bond donors (Lipinski definition) is 0. The summed E-state index contributed by atoms with van der Waals surface area (Å²) in [4.78, 5) is 10.2. The van der Waals surface area contributed by atoms with Crippen LogP contribution in [0.3, 0.4) is 0 Å². The van der Waals surface area contributed by atoms with Gasteiger partial charge in [-0.15, -0.1) is 0 Å². The third-order valence-electron chi connectivity index (χ3n) is 3.18. The highest BCUT2D eigenvalue weighted by atomic mass is 16.5. The number of hydrogen-bond acceptors (Lipinski definition) is 4. The van der Waals surface area contributed by atoms with Gasteiger partial charge in [-0.1, -0.05) is 30.3 Å². The molecular formula is C17H14O4. The zero-order valence-electron chi connectivity index (χ0n) is 11.3. The zero-order chi connectivity index (χ0) is 14.5. The first-order valence-corrected chi connectivity index (χ1v) is 6.59. The number of ether oxygens (including phenoxy) is 2. The fourth-order valence-corrected chi connectivity index (χ4v) is 2.13. The summed E-state index contributed by atoms with van der Waals surface area (Å²) in [5, 5.41) is 0.920. The van der Waals surface area contributed by atoms with Gasteiger partial charge in [0, 0.05) is 17.0 Å². The molecule has 4 heteroatoms. The SMILES string of the molecule is O=COCc1coc2cc(OCc3ccccc3)ccc12. The molecule has 4 nitrogen and oxygen atoms in total. The van der Waals surface area contributed by atoms with Gasteiger partial charge in [-0.05, 0) is 17.7 Å². The van der Waals surface area contributed by atoms with Crippen LogP contribution >= 0.6 is 0 Å². The van der Waals surface area contributed by atoms with Crippen LogP contribution in [0.25, 0.3) is 11.0 Å².